The van der Waals surface area contributed by atoms with Crippen LogP contribution in [0.5, 0.6) is 11.5 Å². The van der Waals surface area contributed by atoms with Gasteiger partial charge in [0, 0.05) is 32.8 Å². The number of nitrogens with zero attached hydrogens (tertiary/aromatic N) is 6. The van der Waals surface area contributed by atoms with Crippen LogP contribution in [0.25, 0.3) is 0 Å². The van der Waals surface area contributed by atoms with E-state index in [1.807, 2.05) is 16.8 Å². The Balaban J connectivity index is 1.69. The van der Waals surface area contributed by atoms with Crippen molar-refractivity contribution < 1.29 is 14.2 Å². The van der Waals surface area contributed by atoms with E-state index < -0.39 is 0 Å². The smallest absolute Gasteiger partial charge is 0.173 e. The summed E-state index contributed by atoms with van der Waals surface area (Å²) in [5, 5.41) is 12.8. The maximum atomic E-state index is 5.82. The number of benzene rings is 1. The third-order valence-electron chi connectivity index (χ3n) is 5.83. The summed E-state index contributed by atoms with van der Waals surface area (Å²) in [6.45, 7) is 5.42. The molecule has 0 N–H and O–H groups in total. The lowest BCUT2D eigenvalue weighted by Crippen LogP contribution is -2.46. The molecule has 0 radical (unpaired) electrons. The van der Waals surface area contributed by atoms with Crippen molar-refractivity contribution in [1.82, 2.24) is 30.0 Å². The minimum Gasteiger partial charge on any atom is -0.493 e. The van der Waals surface area contributed by atoms with Crippen LogP contribution in [-0.4, -0.2) is 90.2 Å². The second-order valence-electron chi connectivity index (χ2n) is 7.71. The van der Waals surface area contributed by atoms with Gasteiger partial charge in [0.15, 0.2) is 17.3 Å². The van der Waals surface area contributed by atoms with Crippen LogP contribution in [0.4, 0.5) is 0 Å². The summed E-state index contributed by atoms with van der Waals surface area (Å²) in [6.07, 6.45) is 2.32. The van der Waals surface area contributed by atoms with Crippen molar-refractivity contribution in [2.75, 3.05) is 54.1 Å². The first-order chi connectivity index (χ1) is 14.2. The quantitative estimate of drug-likeness (QED) is 0.684. The number of ether oxygens (including phenoxy) is 3. The SMILES string of the molecule is COc1ccc([C@H](c2nnnn2C[C@H]2CCCO2)N2CCN(C)CC2)cc1OC. The van der Waals surface area contributed by atoms with Gasteiger partial charge in [0.25, 0.3) is 0 Å². The fraction of sp³-hybridized carbons (Fsp3) is 0.650. The van der Waals surface area contributed by atoms with Crippen molar-refractivity contribution in [3.63, 3.8) is 0 Å². The first-order valence-electron chi connectivity index (χ1n) is 10.2. The van der Waals surface area contributed by atoms with Crippen LogP contribution in [0.3, 0.4) is 0 Å². The number of methoxy groups -OCH3 is 2. The van der Waals surface area contributed by atoms with Crippen molar-refractivity contribution >= 4 is 0 Å². The average Bonchev–Trinajstić information content (AvgIpc) is 3.42. The number of likely N-dealkylation sites (N-methyl/N-ethyl adjacent to an activating group) is 1. The van der Waals surface area contributed by atoms with Gasteiger partial charge in [-0.25, -0.2) is 4.68 Å². The molecule has 9 heteroatoms. The topological polar surface area (TPSA) is 77.8 Å². The van der Waals surface area contributed by atoms with E-state index in [-0.39, 0.29) is 12.1 Å². The molecule has 9 nitrogen and oxygen atoms in total. The second kappa shape index (κ2) is 9.06. The molecule has 158 valence electrons. The summed E-state index contributed by atoms with van der Waals surface area (Å²) in [6, 6.07) is 6.01. The maximum absolute atomic E-state index is 5.82. The molecule has 0 bridgehead atoms. The lowest BCUT2D eigenvalue weighted by Gasteiger charge is -2.37. The lowest BCUT2D eigenvalue weighted by molar-refractivity contribution is 0.0878. The molecule has 2 fully saturated rings. The molecule has 2 saturated heterocycles. The number of rotatable bonds is 7. The first-order valence-corrected chi connectivity index (χ1v) is 10.2. The van der Waals surface area contributed by atoms with E-state index in [9.17, 15) is 0 Å². The molecule has 1 aromatic heterocycles. The van der Waals surface area contributed by atoms with E-state index in [1.165, 1.54) is 0 Å². The molecule has 4 rings (SSSR count). The third kappa shape index (κ3) is 4.36. The van der Waals surface area contributed by atoms with Crippen LogP contribution in [0.2, 0.25) is 0 Å². The zero-order valence-corrected chi connectivity index (χ0v) is 17.5. The summed E-state index contributed by atoms with van der Waals surface area (Å²) < 4.78 is 18.7. The molecule has 2 aliphatic heterocycles. The molecular formula is C20H30N6O3. The minimum absolute atomic E-state index is 0.0556. The molecule has 0 unspecified atom stereocenters. The van der Waals surface area contributed by atoms with Gasteiger partial charge in [0.1, 0.15) is 0 Å². The molecule has 2 atom stereocenters. The summed E-state index contributed by atoms with van der Waals surface area (Å²) in [7, 11) is 5.47. The van der Waals surface area contributed by atoms with Gasteiger partial charge in [-0.05, 0) is 48.0 Å². The van der Waals surface area contributed by atoms with Crippen LogP contribution in [0.15, 0.2) is 18.2 Å². The Morgan fingerprint density at radius 1 is 1.14 bits per heavy atom. The van der Waals surface area contributed by atoms with E-state index >= 15 is 0 Å². The molecule has 0 amide bonds. The number of tetrazole rings is 1. The molecule has 0 spiro atoms. The fourth-order valence-corrected chi connectivity index (χ4v) is 4.14. The first kappa shape index (κ1) is 20.1. The Bertz CT molecular complexity index is 799. The summed E-state index contributed by atoms with van der Waals surface area (Å²) in [5.74, 6) is 2.27. The normalized spacial score (nSPS) is 22.0. The van der Waals surface area contributed by atoms with E-state index in [4.69, 9.17) is 14.2 Å². The van der Waals surface area contributed by atoms with Gasteiger partial charge in [-0.1, -0.05) is 6.07 Å². The highest BCUT2D eigenvalue weighted by Gasteiger charge is 2.31. The van der Waals surface area contributed by atoms with Crippen LogP contribution in [0, 0.1) is 0 Å². The van der Waals surface area contributed by atoms with E-state index in [0.29, 0.717) is 18.0 Å². The minimum atomic E-state index is -0.0556. The zero-order valence-electron chi connectivity index (χ0n) is 17.5. The summed E-state index contributed by atoms with van der Waals surface area (Å²) >= 11 is 0. The van der Waals surface area contributed by atoms with Gasteiger partial charge < -0.3 is 19.1 Å². The third-order valence-corrected chi connectivity index (χ3v) is 5.83. The number of aromatic nitrogens is 4. The number of piperazine rings is 1. The Morgan fingerprint density at radius 3 is 2.62 bits per heavy atom. The monoisotopic (exact) mass is 402 g/mol. The zero-order chi connectivity index (χ0) is 20.2. The van der Waals surface area contributed by atoms with Crippen molar-refractivity contribution in [3.8, 4) is 11.5 Å². The van der Waals surface area contributed by atoms with Gasteiger partial charge in [0.05, 0.1) is 32.9 Å². The Morgan fingerprint density at radius 2 is 1.93 bits per heavy atom. The summed E-state index contributed by atoms with van der Waals surface area (Å²) in [5.41, 5.74) is 1.09. The van der Waals surface area contributed by atoms with Crippen LogP contribution >= 0.6 is 0 Å². The molecule has 1 aromatic carbocycles. The van der Waals surface area contributed by atoms with Crippen LogP contribution in [0.1, 0.15) is 30.3 Å². The van der Waals surface area contributed by atoms with Gasteiger partial charge >= 0.3 is 0 Å². The average molecular weight is 402 g/mol. The summed E-state index contributed by atoms with van der Waals surface area (Å²) in [4.78, 5) is 4.79. The standard InChI is InChI=1S/C20H30N6O3/c1-24-8-10-25(11-9-24)19(15-6-7-17(27-2)18(13-15)28-3)20-21-22-23-26(20)14-16-5-4-12-29-16/h6-7,13,16,19H,4-5,8-12,14H2,1-3H3/t16-,19-/m1/s1. The largest absolute Gasteiger partial charge is 0.493 e. The number of hydrogen-bond acceptors (Lipinski definition) is 8. The van der Waals surface area contributed by atoms with Gasteiger partial charge in [-0.2, -0.15) is 0 Å². The van der Waals surface area contributed by atoms with Gasteiger partial charge in [-0.15, -0.1) is 5.10 Å². The molecule has 0 saturated carbocycles. The van der Waals surface area contributed by atoms with E-state index in [1.54, 1.807) is 14.2 Å². The highest BCUT2D eigenvalue weighted by molar-refractivity contribution is 5.45. The molecule has 29 heavy (non-hydrogen) atoms. The Kier molecular flexibility index (Phi) is 6.27. The Labute approximate surface area is 171 Å². The predicted molar refractivity (Wildman–Crippen MR) is 107 cm³/mol. The predicted octanol–water partition coefficient (Wildman–Crippen LogP) is 1.21. The molecule has 2 aromatic rings. The lowest BCUT2D eigenvalue weighted by atomic mass is 10.0. The highest BCUT2D eigenvalue weighted by Crippen LogP contribution is 2.35. The Hall–Kier alpha value is -2.23. The molecule has 2 aliphatic rings. The van der Waals surface area contributed by atoms with Crippen LogP contribution < -0.4 is 9.47 Å². The number of hydrogen-bond donors (Lipinski definition) is 0. The van der Waals surface area contributed by atoms with Crippen molar-refractivity contribution in [2.24, 2.45) is 0 Å². The van der Waals surface area contributed by atoms with Gasteiger partial charge in [-0.3, -0.25) is 4.90 Å². The van der Waals surface area contributed by atoms with Crippen molar-refractivity contribution in [3.05, 3.63) is 29.6 Å². The van der Waals surface area contributed by atoms with Crippen LogP contribution in [-0.2, 0) is 11.3 Å². The van der Waals surface area contributed by atoms with E-state index in [2.05, 4.69) is 38.4 Å². The molecule has 0 aliphatic carbocycles. The van der Waals surface area contributed by atoms with Gasteiger partial charge in [0.2, 0.25) is 0 Å². The second-order valence-corrected chi connectivity index (χ2v) is 7.71. The van der Waals surface area contributed by atoms with E-state index in [0.717, 1.165) is 57.0 Å². The van der Waals surface area contributed by atoms with Crippen molar-refractivity contribution in [1.29, 1.82) is 0 Å². The van der Waals surface area contributed by atoms with Crippen molar-refractivity contribution in [2.45, 2.75) is 31.5 Å². The maximum Gasteiger partial charge on any atom is 0.173 e. The highest BCUT2D eigenvalue weighted by atomic mass is 16.5. The molecular weight excluding hydrogens is 372 g/mol. The fourth-order valence-electron chi connectivity index (χ4n) is 4.14. The molecule has 3 heterocycles.